The van der Waals surface area contributed by atoms with Gasteiger partial charge in [0.2, 0.25) is 5.91 Å². The third-order valence-electron chi connectivity index (χ3n) is 4.16. The minimum absolute atomic E-state index is 0.0255. The van der Waals surface area contributed by atoms with Crippen LogP contribution >= 0.6 is 11.8 Å². The Hall–Kier alpha value is -2.80. The van der Waals surface area contributed by atoms with Crippen molar-refractivity contribution in [3.05, 3.63) is 54.1 Å². The van der Waals surface area contributed by atoms with Crippen molar-refractivity contribution in [2.75, 3.05) is 17.7 Å². The third kappa shape index (κ3) is 4.72. The summed E-state index contributed by atoms with van der Waals surface area (Å²) < 4.78 is 7.14. The number of aromatic nitrogens is 2. The second kappa shape index (κ2) is 9.41. The van der Waals surface area contributed by atoms with Gasteiger partial charge in [0.25, 0.3) is 0 Å². The SMILES string of the molecule is CCOC(=O)c1ccc2c(c1)nc(SCCC(=O)Nc1ccccc1)n2CC. The second-order valence-corrected chi connectivity index (χ2v) is 7.14. The van der Waals surface area contributed by atoms with Crippen molar-refractivity contribution in [1.29, 1.82) is 0 Å². The van der Waals surface area contributed by atoms with Gasteiger partial charge in [0.05, 0.1) is 23.2 Å². The molecule has 146 valence electrons. The smallest absolute Gasteiger partial charge is 0.338 e. The fourth-order valence-corrected chi connectivity index (χ4v) is 3.86. The Balaban J connectivity index is 1.66. The quantitative estimate of drug-likeness (QED) is 0.452. The molecule has 0 atom stereocenters. The number of aryl methyl sites for hydroxylation is 1. The molecular weight excluding hydrogens is 374 g/mol. The second-order valence-electron chi connectivity index (χ2n) is 6.08. The standard InChI is InChI=1S/C21H23N3O3S/c1-3-24-18-11-10-15(20(26)27-4-2)14-17(18)23-21(24)28-13-12-19(25)22-16-8-6-5-7-9-16/h5-11,14H,3-4,12-13H2,1-2H3,(H,22,25). The van der Waals surface area contributed by atoms with E-state index < -0.39 is 0 Å². The van der Waals surface area contributed by atoms with Gasteiger partial charge in [0.15, 0.2) is 5.16 Å². The fraction of sp³-hybridized carbons (Fsp3) is 0.286. The molecule has 0 radical (unpaired) electrons. The van der Waals surface area contributed by atoms with Gasteiger partial charge in [-0.3, -0.25) is 4.79 Å². The number of nitrogens with one attached hydrogen (secondary N) is 1. The first-order valence-corrected chi connectivity index (χ1v) is 10.3. The number of fused-ring (bicyclic) bond motifs is 1. The van der Waals surface area contributed by atoms with Gasteiger partial charge >= 0.3 is 5.97 Å². The van der Waals surface area contributed by atoms with Crippen LogP contribution in [0.5, 0.6) is 0 Å². The average molecular weight is 398 g/mol. The summed E-state index contributed by atoms with van der Waals surface area (Å²) in [5.41, 5.74) is 3.01. The molecule has 0 bridgehead atoms. The van der Waals surface area contributed by atoms with E-state index in [-0.39, 0.29) is 11.9 Å². The Bertz CT molecular complexity index is 970. The van der Waals surface area contributed by atoms with Gasteiger partial charge in [-0.1, -0.05) is 30.0 Å². The summed E-state index contributed by atoms with van der Waals surface area (Å²) >= 11 is 1.54. The number of anilines is 1. The number of carbonyl (C=O) groups excluding carboxylic acids is 2. The first-order chi connectivity index (χ1) is 13.6. The van der Waals surface area contributed by atoms with Crippen molar-refractivity contribution < 1.29 is 14.3 Å². The number of esters is 1. The van der Waals surface area contributed by atoms with Crippen molar-refractivity contribution in [1.82, 2.24) is 9.55 Å². The molecule has 0 aliphatic heterocycles. The lowest BCUT2D eigenvalue weighted by Gasteiger charge is -2.07. The molecule has 28 heavy (non-hydrogen) atoms. The molecule has 2 aromatic carbocycles. The van der Waals surface area contributed by atoms with Crippen LogP contribution in [0.4, 0.5) is 5.69 Å². The summed E-state index contributed by atoms with van der Waals surface area (Å²) in [4.78, 5) is 28.7. The molecule has 0 saturated carbocycles. The van der Waals surface area contributed by atoms with E-state index >= 15 is 0 Å². The van der Waals surface area contributed by atoms with Crippen LogP contribution in [0.25, 0.3) is 11.0 Å². The molecule has 3 rings (SSSR count). The van der Waals surface area contributed by atoms with Crippen LogP contribution in [0, 0.1) is 0 Å². The minimum atomic E-state index is -0.345. The number of rotatable bonds is 8. The molecule has 0 spiro atoms. The number of hydrogen-bond donors (Lipinski definition) is 1. The van der Waals surface area contributed by atoms with Crippen molar-refractivity contribution in [3.63, 3.8) is 0 Å². The normalized spacial score (nSPS) is 10.8. The van der Waals surface area contributed by atoms with E-state index in [1.807, 2.05) is 43.3 Å². The van der Waals surface area contributed by atoms with E-state index in [4.69, 9.17) is 4.74 Å². The van der Waals surface area contributed by atoms with Crippen LogP contribution in [0.2, 0.25) is 0 Å². The zero-order valence-electron chi connectivity index (χ0n) is 16.0. The van der Waals surface area contributed by atoms with Gasteiger partial charge in [-0.15, -0.1) is 0 Å². The highest BCUT2D eigenvalue weighted by Gasteiger charge is 2.14. The Kier molecular flexibility index (Phi) is 6.71. The van der Waals surface area contributed by atoms with Crippen LogP contribution in [-0.4, -0.2) is 33.8 Å². The van der Waals surface area contributed by atoms with Gasteiger partial charge < -0.3 is 14.6 Å². The molecule has 1 aromatic heterocycles. The molecule has 3 aromatic rings. The fourth-order valence-electron chi connectivity index (χ4n) is 2.84. The van der Waals surface area contributed by atoms with Crippen LogP contribution in [-0.2, 0) is 16.1 Å². The van der Waals surface area contributed by atoms with Crippen molar-refractivity contribution in [2.24, 2.45) is 0 Å². The lowest BCUT2D eigenvalue weighted by molar-refractivity contribution is -0.115. The van der Waals surface area contributed by atoms with Crippen LogP contribution in [0.1, 0.15) is 30.6 Å². The van der Waals surface area contributed by atoms with Crippen molar-refractivity contribution >= 4 is 40.4 Å². The van der Waals surface area contributed by atoms with Gasteiger partial charge in [-0.25, -0.2) is 9.78 Å². The monoisotopic (exact) mass is 397 g/mol. The zero-order valence-corrected chi connectivity index (χ0v) is 16.8. The Morgan fingerprint density at radius 2 is 1.93 bits per heavy atom. The molecule has 0 unspecified atom stereocenters. The van der Waals surface area contributed by atoms with E-state index in [1.54, 1.807) is 19.1 Å². The first-order valence-electron chi connectivity index (χ1n) is 9.27. The topological polar surface area (TPSA) is 73.2 Å². The van der Waals surface area contributed by atoms with E-state index in [1.165, 1.54) is 11.8 Å². The highest BCUT2D eigenvalue weighted by molar-refractivity contribution is 7.99. The number of ether oxygens (including phenoxy) is 1. The molecule has 0 fully saturated rings. The Labute approximate surface area is 168 Å². The molecule has 0 saturated heterocycles. The van der Waals surface area contributed by atoms with Crippen LogP contribution in [0.15, 0.2) is 53.7 Å². The summed E-state index contributed by atoms with van der Waals surface area (Å²) in [5.74, 6) is 0.247. The van der Waals surface area contributed by atoms with E-state index in [9.17, 15) is 9.59 Å². The van der Waals surface area contributed by atoms with E-state index in [0.29, 0.717) is 24.3 Å². The molecule has 0 aliphatic rings. The first kappa shape index (κ1) is 19.9. The van der Waals surface area contributed by atoms with E-state index in [0.717, 1.165) is 28.4 Å². The molecule has 6 nitrogen and oxygen atoms in total. The maximum atomic E-state index is 12.1. The van der Waals surface area contributed by atoms with Gasteiger partial charge in [-0.05, 0) is 44.2 Å². The Morgan fingerprint density at radius 1 is 1.14 bits per heavy atom. The van der Waals surface area contributed by atoms with Gasteiger partial charge in [0.1, 0.15) is 0 Å². The van der Waals surface area contributed by atoms with Gasteiger partial charge in [0, 0.05) is 24.4 Å². The number of hydrogen-bond acceptors (Lipinski definition) is 5. The molecule has 0 aliphatic carbocycles. The summed E-state index contributed by atoms with van der Waals surface area (Å²) in [6.45, 7) is 4.93. The number of thioether (sulfide) groups is 1. The lowest BCUT2D eigenvalue weighted by Crippen LogP contribution is -2.12. The highest BCUT2D eigenvalue weighted by Crippen LogP contribution is 2.25. The average Bonchev–Trinajstić information content (AvgIpc) is 3.05. The predicted octanol–water partition coefficient (Wildman–Crippen LogP) is 4.35. The summed E-state index contributed by atoms with van der Waals surface area (Å²) in [6, 6.07) is 14.8. The Morgan fingerprint density at radius 3 is 2.64 bits per heavy atom. The summed E-state index contributed by atoms with van der Waals surface area (Å²) in [7, 11) is 0. The number of para-hydroxylation sites is 1. The number of amides is 1. The predicted molar refractivity (Wildman–Crippen MR) is 112 cm³/mol. The molecule has 1 heterocycles. The minimum Gasteiger partial charge on any atom is -0.462 e. The van der Waals surface area contributed by atoms with Crippen molar-refractivity contribution in [3.8, 4) is 0 Å². The largest absolute Gasteiger partial charge is 0.462 e. The zero-order chi connectivity index (χ0) is 19.9. The maximum Gasteiger partial charge on any atom is 0.338 e. The van der Waals surface area contributed by atoms with Gasteiger partial charge in [-0.2, -0.15) is 0 Å². The van der Waals surface area contributed by atoms with Crippen LogP contribution in [0.3, 0.4) is 0 Å². The number of carbonyl (C=O) groups is 2. The highest BCUT2D eigenvalue weighted by atomic mass is 32.2. The molecule has 1 N–H and O–H groups in total. The summed E-state index contributed by atoms with van der Waals surface area (Å²) in [5, 5.41) is 3.72. The molecule has 1 amide bonds. The molecular formula is C21H23N3O3S. The summed E-state index contributed by atoms with van der Waals surface area (Å²) in [6.07, 6.45) is 0.389. The number of imidazole rings is 1. The maximum absolute atomic E-state index is 12.1. The third-order valence-corrected chi connectivity index (χ3v) is 5.14. The number of nitrogens with zero attached hydrogens (tertiary/aromatic N) is 2. The van der Waals surface area contributed by atoms with E-state index in [2.05, 4.69) is 14.9 Å². The van der Waals surface area contributed by atoms with Crippen molar-refractivity contribution in [2.45, 2.75) is 32.0 Å². The molecule has 7 heteroatoms. The number of benzene rings is 2. The lowest BCUT2D eigenvalue weighted by atomic mass is 10.2. The van der Waals surface area contributed by atoms with Crippen LogP contribution < -0.4 is 5.32 Å².